The van der Waals surface area contributed by atoms with Gasteiger partial charge in [-0.1, -0.05) is 0 Å². The van der Waals surface area contributed by atoms with Gasteiger partial charge in [0.25, 0.3) is 0 Å². The molecule has 2 aromatic heterocycles. The molecule has 24 heavy (non-hydrogen) atoms. The van der Waals surface area contributed by atoms with Crippen LogP contribution in [0.4, 0.5) is 0 Å². The molecule has 0 bridgehead atoms. The highest BCUT2D eigenvalue weighted by Crippen LogP contribution is 2.41. The molecule has 1 amide bonds. The van der Waals surface area contributed by atoms with E-state index >= 15 is 0 Å². The van der Waals surface area contributed by atoms with E-state index in [1.54, 1.807) is 18.4 Å². The van der Waals surface area contributed by atoms with Crippen LogP contribution in [0, 0.1) is 0 Å². The van der Waals surface area contributed by atoms with Crippen molar-refractivity contribution in [3.63, 3.8) is 0 Å². The van der Waals surface area contributed by atoms with Crippen molar-refractivity contribution in [3.05, 3.63) is 33.0 Å². The second-order valence-corrected chi connectivity index (χ2v) is 7.79. The van der Waals surface area contributed by atoms with Gasteiger partial charge < -0.3 is 5.32 Å². The number of nitrogens with zero attached hydrogens (tertiary/aromatic N) is 3. The van der Waals surface area contributed by atoms with E-state index in [1.807, 2.05) is 11.7 Å². The van der Waals surface area contributed by atoms with Crippen LogP contribution in [0.5, 0.6) is 0 Å². The highest BCUT2D eigenvalue weighted by Gasteiger charge is 2.30. The summed E-state index contributed by atoms with van der Waals surface area (Å²) in [6.07, 6.45) is 11.8. The Bertz CT molecular complexity index is 800. The molecule has 1 fully saturated rings. The van der Waals surface area contributed by atoms with Gasteiger partial charge in [-0.2, -0.15) is 5.10 Å². The summed E-state index contributed by atoms with van der Waals surface area (Å²) in [6, 6.07) is 0. The number of thiazole rings is 1. The first-order valence-electron chi connectivity index (χ1n) is 8.58. The summed E-state index contributed by atoms with van der Waals surface area (Å²) in [7, 11) is 3.67. The van der Waals surface area contributed by atoms with Gasteiger partial charge in [-0.05, 0) is 44.3 Å². The lowest BCUT2D eigenvalue weighted by Crippen LogP contribution is -2.28. The van der Waals surface area contributed by atoms with Gasteiger partial charge in [-0.25, -0.2) is 4.98 Å². The zero-order valence-corrected chi connectivity index (χ0v) is 14.9. The Morgan fingerprint density at radius 1 is 1.33 bits per heavy atom. The van der Waals surface area contributed by atoms with Gasteiger partial charge in [0, 0.05) is 36.7 Å². The summed E-state index contributed by atoms with van der Waals surface area (Å²) in [4.78, 5) is 18.1. The largest absolute Gasteiger partial charge is 0.359 e. The number of carbonyl (C=O) groups excluding carboxylic acids is 1. The highest BCUT2D eigenvalue weighted by molar-refractivity contribution is 7.12. The molecule has 2 heterocycles. The van der Waals surface area contributed by atoms with Gasteiger partial charge >= 0.3 is 0 Å². The van der Waals surface area contributed by atoms with E-state index < -0.39 is 0 Å². The minimum absolute atomic E-state index is 0.0834. The molecule has 2 aliphatic rings. The molecule has 1 unspecified atom stereocenters. The maximum Gasteiger partial charge on any atom is 0.228 e. The molecule has 2 aromatic rings. The first kappa shape index (κ1) is 15.6. The average molecular weight is 342 g/mol. The standard InChI is InChI=1S/C18H22N4OS/c1-19-18(23)13-4-3-5-14-17(13)20-15(24-14)9-8-12-10-22(2)21-16(12)11-6-7-11/h8-11,13H,3-7H2,1-2H3,(H,19,23). The lowest BCUT2D eigenvalue weighted by atomic mass is 9.90. The van der Waals surface area contributed by atoms with Crippen LogP contribution < -0.4 is 5.32 Å². The Morgan fingerprint density at radius 2 is 2.17 bits per heavy atom. The Balaban J connectivity index is 1.60. The number of aryl methyl sites for hydroxylation is 2. The lowest BCUT2D eigenvalue weighted by molar-refractivity contribution is -0.122. The molecule has 1 atom stereocenters. The summed E-state index contributed by atoms with van der Waals surface area (Å²) in [6.45, 7) is 0. The smallest absolute Gasteiger partial charge is 0.228 e. The number of carbonyl (C=O) groups is 1. The van der Waals surface area contributed by atoms with E-state index in [4.69, 9.17) is 4.98 Å². The number of amides is 1. The van der Waals surface area contributed by atoms with Crippen molar-refractivity contribution in [2.45, 2.75) is 43.9 Å². The van der Waals surface area contributed by atoms with Crippen LogP contribution in [-0.2, 0) is 18.3 Å². The van der Waals surface area contributed by atoms with Crippen LogP contribution in [-0.4, -0.2) is 27.7 Å². The minimum Gasteiger partial charge on any atom is -0.359 e. The number of rotatable bonds is 4. The Kier molecular flexibility index (Phi) is 4.00. The number of nitrogens with one attached hydrogen (secondary N) is 1. The predicted molar refractivity (Wildman–Crippen MR) is 96.0 cm³/mol. The summed E-state index contributed by atoms with van der Waals surface area (Å²) < 4.78 is 1.89. The van der Waals surface area contributed by atoms with Crippen LogP contribution in [0.15, 0.2) is 6.20 Å². The third-order valence-electron chi connectivity index (χ3n) is 4.79. The third kappa shape index (κ3) is 2.90. The molecule has 1 saturated carbocycles. The molecule has 0 spiro atoms. The maximum absolute atomic E-state index is 12.1. The second-order valence-electron chi connectivity index (χ2n) is 6.67. The van der Waals surface area contributed by atoms with Crippen molar-refractivity contribution in [2.24, 2.45) is 7.05 Å². The van der Waals surface area contributed by atoms with Gasteiger partial charge in [0.15, 0.2) is 0 Å². The van der Waals surface area contributed by atoms with E-state index in [0.29, 0.717) is 5.92 Å². The fourth-order valence-corrected chi connectivity index (χ4v) is 4.50. The number of likely N-dealkylation sites (N-methyl/N-ethyl adjacent to an activating group) is 1. The van der Waals surface area contributed by atoms with E-state index in [0.717, 1.165) is 30.0 Å². The highest BCUT2D eigenvalue weighted by atomic mass is 32.1. The van der Waals surface area contributed by atoms with Gasteiger partial charge in [0.2, 0.25) is 5.91 Å². The minimum atomic E-state index is -0.0856. The second kappa shape index (κ2) is 6.16. The van der Waals surface area contributed by atoms with Crippen molar-refractivity contribution < 1.29 is 4.79 Å². The molecule has 6 heteroatoms. The first-order valence-corrected chi connectivity index (χ1v) is 9.40. The van der Waals surface area contributed by atoms with E-state index in [2.05, 4.69) is 28.8 Å². The number of hydrogen-bond donors (Lipinski definition) is 1. The molecular formula is C18H22N4OS. The van der Waals surface area contributed by atoms with Gasteiger partial charge in [0.1, 0.15) is 5.01 Å². The van der Waals surface area contributed by atoms with Crippen molar-refractivity contribution in [2.75, 3.05) is 7.05 Å². The predicted octanol–water partition coefficient (Wildman–Crippen LogP) is 3.09. The maximum atomic E-state index is 12.1. The molecule has 4 rings (SSSR count). The molecule has 0 saturated heterocycles. The molecule has 0 aromatic carbocycles. The molecule has 2 aliphatic carbocycles. The van der Waals surface area contributed by atoms with Crippen LogP contribution >= 0.6 is 11.3 Å². The summed E-state index contributed by atoms with van der Waals surface area (Å²) >= 11 is 1.72. The summed E-state index contributed by atoms with van der Waals surface area (Å²) in [5.41, 5.74) is 3.38. The molecular weight excluding hydrogens is 320 g/mol. The molecule has 0 radical (unpaired) electrons. The monoisotopic (exact) mass is 342 g/mol. The third-order valence-corrected chi connectivity index (χ3v) is 5.89. The van der Waals surface area contributed by atoms with Crippen LogP contribution in [0.1, 0.15) is 64.4 Å². The van der Waals surface area contributed by atoms with Crippen molar-refractivity contribution in [1.29, 1.82) is 0 Å². The lowest BCUT2D eigenvalue weighted by Gasteiger charge is -2.19. The quantitative estimate of drug-likeness (QED) is 0.929. The summed E-state index contributed by atoms with van der Waals surface area (Å²) in [5, 5.41) is 8.35. The van der Waals surface area contributed by atoms with Crippen LogP contribution in [0.2, 0.25) is 0 Å². The van der Waals surface area contributed by atoms with Gasteiger partial charge in [-0.15, -0.1) is 11.3 Å². The Hall–Kier alpha value is -1.95. The van der Waals surface area contributed by atoms with Crippen molar-refractivity contribution in [3.8, 4) is 0 Å². The van der Waals surface area contributed by atoms with Gasteiger partial charge in [-0.3, -0.25) is 9.48 Å². The zero-order valence-electron chi connectivity index (χ0n) is 14.1. The molecule has 126 valence electrons. The van der Waals surface area contributed by atoms with Crippen LogP contribution in [0.3, 0.4) is 0 Å². The van der Waals surface area contributed by atoms with E-state index in [9.17, 15) is 4.79 Å². The molecule has 1 N–H and O–H groups in total. The average Bonchev–Trinajstić information content (AvgIpc) is 3.23. The molecule has 0 aliphatic heterocycles. The van der Waals surface area contributed by atoms with E-state index in [-0.39, 0.29) is 11.8 Å². The normalized spacial score (nSPS) is 20.3. The summed E-state index contributed by atoms with van der Waals surface area (Å²) in [5.74, 6) is 0.630. The number of aromatic nitrogens is 3. The van der Waals surface area contributed by atoms with Crippen molar-refractivity contribution in [1.82, 2.24) is 20.1 Å². The Labute approximate surface area is 145 Å². The van der Waals surface area contributed by atoms with Gasteiger partial charge in [0.05, 0.1) is 17.3 Å². The number of hydrogen-bond acceptors (Lipinski definition) is 4. The Morgan fingerprint density at radius 3 is 2.92 bits per heavy atom. The first-order chi connectivity index (χ1) is 11.7. The van der Waals surface area contributed by atoms with E-state index in [1.165, 1.54) is 29.0 Å². The molecule has 5 nitrogen and oxygen atoms in total. The SMILES string of the molecule is CNC(=O)C1CCCc2sc(C=Cc3cn(C)nc3C3CC3)nc21. The zero-order chi connectivity index (χ0) is 16.7. The number of fused-ring (bicyclic) bond motifs is 1. The van der Waals surface area contributed by atoms with Crippen LogP contribution in [0.25, 0.3) is 12.2 Å². The topological polar surface area (TPSA) is 59.8 Å². The fraction of sp³-hybridized carbons (Fsp3) is 0.500. The fourth-order valence-electron chi connectivity index (χ4n) is 3.43. The van der Waals surface area contributed by atoms with Crippen molar-refractivity contribution >= 4 is 29.4 Å².